The fraction of sp³-hybridized carbons (Fsp3) is 0.333. The van der Waals surface area contributed by atoms with Crippen molar-refractivity contribution in [1.29, 1.82) is 0 Å². The lowest BCUT2D eigenvalue weighted by Crippen LogP contribution is -2.55. The molecule has 1 N–H and O–H groups in total. The average molecular weight is 491 g/mol. The number of hydrogen-bond donors (Lipinski definition) is 1. The Morgan fingerprint density at radius 3 is 2.11 bits per heavy atom. The number of carbonyl (C=O) groups excluding carboxylic acids is 2. The van der Waals surface area contributed by atoms with Gasteiger partial charge < -0.3 is 15.0 Å². The summed E-state index contributed by atoms with van der Waals surface area (Å²) in [6.07, 6.45) is 0.333. The molecule has 0 saturated carbocycles. The van der Waals surface area contributed by atoms with Gasteiger partial charge in [0.1, 0.15) is 17.6 Å². The summed E-state index contributed by atoms with van der Waals surface area (Å²) in [6.45, 7) is 9.56. The summed E-state index contributed by atoms with van der Waals surface area (Å²) < 4.78 is 19.4. The second-order valence-electron chi connectivity index (χ2n) is 10.2. The van der Waals surface area contributed by atoms with E-state index in [-0.39, 0.29) is 30.8 Å². The van der Waals surface area contributed by atoms with Crippen molar-refractivity contribution in [3.05, 3.63) is 101 Å². The van der Waals surface area contributed by atoms with Crippen molar-refractivity contribution in [3.63, 3.8) is 0 Å². The van der Waals surface area contributed by atoms with Crippen molar-refractivity contribution in [2.75, 3.05) is 6.61 Å². The molecule has 0 fully saturated rings. The minimum atomic E-state index is -0.785. The van der Waals surface area contributed by atoms with Crippen LogP contribution in [0.2, 0.25) is 0 Å². The van der Waals surface area contributed by atoms with Gasteiger partial charge in [-0.15, -0.1) is 0 Å². The van der Waals surface area contributed by atoms with Crippen molar-refractivity contribution in [2.24, 2.45) is 0 Å². The van der Waals surface area contributed by atoms with Gasteiger partial charge in [0.05, 0.1) is 0 Å². The molecule has 0 aliphatic heterocycles. The summed E-state index contributed by atoms with van der Waals surface area (Å²) in [4.78, 5) is 28.6. The molecule has 3 aromatic carbocycles. The number of amides is 2. The molecule has 1 unspecified atom stereocenters. The summed E-state index contributed by atoms with van der Waals surface area (Å²) in [5.41, 5.74) is 3.24. The molecule has 2 amide bonds. The summed E-state index contributed by atoms with van der Waals surface area (Å²) in [5.74, 6) is -0.348. The van der Waals surface area contributed by atoms with Crippen LogP contribution in [0, 0.1) is 19.7 Å². The fourth-order valence-electron chi connectivity index (χ4n) is 4.04. The number of halogens is 1. The van der Waals surface area contributed by atoms with Crippen LogP contribution in [-0.2, 0) is 22.6 Å². The highest BCUT2D eigenvalue weighted by atomic mass is 19.1. The van der Waals surface area contributed by atoms with E-state index in [1.165, 1.54) is 17.0 Å². The molecule has 0 bridgehead atoms. The maximum atomic E-state index is 13.6. The van der Waals surface area contributed by atoms with Crippen LogP contribution >= 0.6 is 0 Å². The molecule has 6 heteroatoms. The summed E-state index contributed by atoms with van der Waals surface area (Å²) >= 11 is 0. The molecule has 0 aliphatic rings. The number of benzene rings is 3. The first-order valence-corrected chi connectivity index (χ1v) is 12.1. The van der Waals surface area contributed by atoms with E-state index in [1.54, 1.807) is 12.1 Å². The van der Waals surface area contributed by atoms with Crippen molar-refractivity contribution in [1.82, 2.24) is 10.2 Å². The second-order valence-corrected chi connectivity index (χ2v) is 10.2. The van der Waals surface area contributed by atoms with Crippen LogP contribution < -0.4 is 10.1 Å². The summed E-state index contributed by atoms with van der Waals surface area (Å²) in [7, 11) is 0. The lowest BCUT2D eigenvalue weighted by molar-refractivity contribution is -0.143. The SMILES string of the molecule is Cc1cc(C)cc(OCC(=O)N(Cc2ccc(F)cc2)C(Cc2ccccc2)C(=O)NC(C)(C)C)c1. The Bertz CT molecular complexity index is 1150. The molecule has 0 spiro atoms. The zero-order valence-corrected chi connectivity index (χ0v) is 21.7. The fourth-order valence-corrected chi connectivity index (χ4v) is 4.04. The van der Waals surface area contributed by atoms with Gasteiger partial charge in [-0.1, -0.05) is 48.5 Å². The molecule has 0 radical (unpaired) electrons. The summed E-state index contributed by atoms with van der Waals surface area (Å²) in [6, 6.07) is 20.5. The highest BCUT2D eigenvalue weighted by Gasteiger charge is 2.32. The van der Waals surface area contributed by atoms with E-state index in [9.17, 15) is 14.0 Å². The molecular weight excluding hydrogens is 455 g/mol. The van der Waals surface area contributed by atoms with E-state index in [0.29, 0.717) is 12.2 Å². The average Bonchev–Trinajstić information content (AvgIpc) is 2.80. The van der Waals surface area contributed by atoms with Crippen molar-refractivity contribution < 1.29 is 18.7 Å². The molecule has 190 valence electrons. The summed E-state index contributed by atoms with van der Waals surface area (Å²) in [5, 5.41) is 3.02. The maximum Gasteiger partial charge on any atom is 0.261 e. The monoisotopic (exact) mass is 490 g/mol. The van der Waals surface area contributed by atoms with Gasteiger partial charge in [-0.25, -0.2) is 4.39 Å². The largest absolute Gasteiger partial charge is 0.484 e. The Kier molecular flexibility index (Phi) is 8.86. The van der Waals surface area contributed by atoms with Gasteiger partial charge in [-0.3, -0.25) is 9.59 Å². The lowest BCUT2D eigenvalue weighted by atomic mass is 10.0. The van der Waals surface area contributed by atoms with Crippen LogP contribution in [0.5, 0.6) is 5.75 Å². The first kappa shape index (κ1) is 26.9. The molecule has 0 heterocycles. The first-order valence-electron chi connectivity index (χ1n) is 12.1. The number of aryl methyl sites for hydroxylation is 2. The molecule has 5 nitrogen and oxygen atoms in total. The maximum absolute atomic E-state index is 13.6. The van der Waals surface area contributed by atoms with E-state index in [2.05, 4.69) is 5.32 Å². The zero-order chi connectivity index (χ0) is 26.3. The van der Waals surface area contributed by atoms with E-state index in [0.717, 1.165) is 22.3 Å². The van der Waals surface area contributed by atoms with Crippen LogP contribution in [0.25, 0.3) is 0 Å². The number of hydrogen-bond acceptors (Lipinski definition) is 3. The number of carbonyl (C=O) groups is 2. The Morgan fingerprint density at radius 1 is 0.917 bits per heavy atom. The third kappa shape index (κ3) is 8.22. The van der Waals surface area contributed by atoms with E-state index in [4.69, 9.17) is 4.74 Å². The highest BCUT2D eigenvalue weighted by molar-refractivity contribution is 5.89. The molecule has 0 aromatic heterocycles. The number of nitrogens with zero attached hydrogens (tertiary/aromatic N) is 1. The lowest BCUT2D eigenvalue weighted by Gasteiger charge is -2.33. The Morgan fingerprint density at radius 2 is 1.53 bits per heavy atom. The normalized spacial score (nSPS) is 12.1. The number of nitrogens with one attached hydrogen (secondary N) is 1. The third-order valence-electron chi connectivity index (χ3n) is 5.59. The highest BCUT2D eigenvalue weighted by Crippen LogP contribution is 2.19. The predicted molar refractivity (Wildman–Crippen MR) is 140 cm³/mol. The first-order chi connectivity index (χ1) is 17.0. The molecule has 36 heavy (non-hydrogen) atoms. The quantitative estimate of drug-likeness (QED) is 0.438. The van der Waals surface area contributed by atoms with Gasteiger partial charge in [0.2, 0.25) is 5.91 Å². The third-order valence-corrected chi connectivity index (χ3v) is 5.59. The predicted octanol–water partition coefficient (Wildman–Crippen LogP) is 5.38. The van der Waals surface area contributed by atoms with Crippen LogP contribution in [0.1, 0.15) is 43.0 Å². The minimum absolute atomic E-state index is 0.143. The van der Waals surface area contributed by atoms with Crippen LogP contribution in [-0.4, -0.2) is 34.9 Å². The smallest absolute Gasteiger partial charge is 0.261 e. The van der Waals surface area contributed by atoms with Gasteiger partial charge in [-0.2, -0.15) is 0 Å². The van der Waals surface area contributed by atoms with Crippen LogP contribution in [0.15, 0.2) is 72.8 Å². The van der Waals surface area contributed by atoms with Crippen LogP contribution in [0.3, 0.4) is 0 Å². The van der Waals surface area contributed by atoms with Gasteiger partial charge in [0.25, 0.3) is 5.91 Å². The molecule has 3 aromatic rings. The molecular formula is C30H35FN2O3. The van der Waals surface area contributed by atoms with Crippen molar-refractivity contribution in [3.8, 4) is 5.75 Å². The van der Waals surface area contributed by atoms with Crippen molar-refractivity contribution >= 4 is 11.8 Å². The van der Waals surface area contributed by atoms with Crippen molar-refractivity contribution in [2.45, 2.75) is 59.2 Å². The number of ether oxygens (including phenoxy) is 1. The van der Waals surface area contributed by atoms with Gasteiger partial charge in [0.15, 0.2) is 6.61 Å². The Labute approximate surface area is 213 Å². The van der Waals surface area contributed by atoms with Gasteiger partial charge >= 0.3 is 0 Å². The minimum Gasteiger partial charge on any atom is -0.484 e. The molecule has 0 aliphatic carbocycles. The van der Waals surface area contributed by atoms with Gasteiger partial charge in [0, 0.05) is 18.5 Å². The van der Waals surface area contributed by atoms with Crippen LogP contribution in [0.4, 0.5) is 4.39 Å². The second kappa shape index (κ2) is 11.8. The molecule has 1 atom stereocenters. The molecule has 0 saturated heterocycles. The molecule has 3 rings (SSSR count). The topological polar surface area (TPSA) is 58.6 Å². The zero-order valence-electron chi connectivity index (χ0n) is 21.7. The number of rotatable bonds is 9. The van der Waals surface area contributed by atoms with E-state index in [1.807, 2.05) is 83.1 Å². The standard InChI is InChI=1S/C30H35FN2O3/c1-21-15-22(2)17-26(16-21)36-20-28(34)33(19-24-11-13-25(31)14-12-24)27(29(35)32-30(3,4)5)18-23-9-7-6-8-10-23/h6-17,27H,18-20H2,1-5H3,(H,32,35). The van der Waals surface area contributed by atoms with E-state index >= 15 is 0 Å². The van der Waals surface area contributed by atoms with Gasteiger partial charge in [-0.05, 0) is 81.1 Å². The van der Waals surface area contributed by atoms with E-state index < -0.39 is 11.6 Å². The Balaban J connectivity index is 1.93. The Hall–Kier alpha value is -3.67.